The molecule has 5 rings (SSSR count). The molecule has 1 atom stereocenters. The maximum absolute atomic E-state index is 13.8. The lowest BCUT2D eigenvalue weighted by atomic mass is 9.86. The van der Waals surface area contributed by atoms with Crippen molar-refractivity contribution in [2.75, 3.05) is 23.7 Å². The van der Waals surface area contributed by atoms with Gasteiger partial charge in [-0.15, -0.1) is 0 Å². The third kappa shape index (κ3) is 9.90. The highest BCUT2D eigenvalue weighted by molar-refractivity contribution is 7.22. The van der Waals surface area contributed by atoms with Crippen molar-refractivity contribution in [2.45, 2.75) is 64.8 Å². The number of para-hydroxylation sites is 1. The third-order valence-electron chi connectivity index (χ3n) is 7.75. The Balaban J connectivity index is 0.000000755. The Morgan fingerprint density at radius 3 is 2.37 bits per heavy atom. The number of aliphatic carboxylic acids is 1. The van der Waals surface area contributed by atoms with Gasteiger partial charge in [-0.1, -0.05) is 37.3 Å². The average molecular weight is 741 g/mol. The number of ether oxygens (including phenoxy) is 1. The van der Waals surface area contributed by atoms with E-state index in [1.54, 1.807) is 12.1 Å². The van der Waals surface area contributed by atoms with Crippen molar-refractivity contribution in [2.24, 2.45) is 5.92 Å². The first-order valence-electron chi connectivity index (χ1n) is 15.5. The van der Waals surface area contributed by atoms with Crippen molar-refractivity contribution in [1.29, 1.82) is 0 Å². The zero-order valence-corrected chi connectivity index (χ0v) is 28.6. The maximum atomic E-state index is 13.8. The minimum atomic E-state index is -5.08. The van der Waals surface area contributed by atoms with Crippen molar-refractivity contribution < 1.29 is 50.6 Å². The van der Waals surface area contributed by atoms with Crippen LogP contribution in [0.25, 0.3) is 21.5 Å². The van der Waals surface area contributed by atoms with Crippen LogP contribution >= 0.6 is 11.3 Å². The molecule has 1 fully saturated rings. The molecular weight excluding hydrogens is 706 g/mol. The quantitative estimate of drug-likeness (QED) is 0.153. The fourth-order valence-corrected chi connectivity index (χ4v) is 6.27. The monoisotopic (exact) mass is 740 g/mol. The maximum Gasteiger partial charge on any atom is 0.490 e. The Kier molecular flexibility index (Phi) is 11.9. The molecule has 3 N–H and O–H groups in total. The first-order chi connectivity index (χ1) is 23.8. The number of carbonyl (C=O) groups excluding carboxylic acids is 2. The van der Waals surface area contributed by atoms with E-state index < -0.39 is 29.4 Å². The summed E-state index contributed by atoms with van der Waals surface area (Å²) in [6.45, 7) is 8.82. The molecular formula is C33H34F6N6O5S. The Morgan fingerprint density at radius 2 is 1.75 bits per heavy atom. The number of carboxylic acids is 1. The van der Waals surface area contributed by atoms with Crippen LogP contribution in [0.3, 0.4) is 0 Å². The molecule has 0 saturated carbocycles. The van der Waals surface area contributed by atoms with Crippen LogP contribution in [0.5, 0.6) is 11.6 Å². The lowest BCUT2D eigenvalue weighted by Gasteiger charge is -2.44. The standard InChI is InChI=1S/C31H33F3N6O3S.C2HF3O2/c1-18(2)16-40-13-6-5-12-30(40,4)28(42)38-23-14-20(31(32,33)34)10-11-21(23)22-15-26(36-17-35-22)43-24-8-7-9-25-27(24)39-29(44-25)37-19(3)41;3-2(4,5)1(6)7/h7-11,14-15,17-18H,5-6,12-13,16H2,1-4H3,(H,38,42)(H,37,39,41);(H,6,7). The molecule has 0 bridgehead atoms. The molecule has 4 aromatic rings. The van der Waals surface area contributed by atoms with Crippen LogP contribution in [0, 0.1) is 5.92 Å². The highest BCUT2D eigenvalue weighted by Crippen LogP contribution is 2.39. The Labute approximate surface area is 292 Å². The molecule has 2 aromatic heterocycles. The Hall–Kier alpha value is -4.84. The minimum Gasteiger partial charge on any atom is -0.475 e. The van der Waals surface area contributed by atoms with Crippen molar-refractivity contribution in [3.05, 3.63) is 54.4 Å². The highest BCUT2D eigenvalue weighted by atomic mass is 32.1. The largest absolute Gasteiger partial charge is 0.490 e. The summed E-state index contributed by atoms with van der Waals surface area (Å²) in [4.78, 5) is 49.2. The molecule has 11 nitrogen and oxygen atoms in total. The number of alkyl halides is 6. The zero-order valence-electron chi connectivity index (χ0n) is 27.8. The van der Waals surface area contributed by atoms with Gasteiger partial charge >= 0.3 is 18.3 Å². The summed E-state index contributed by atoms with van der Waals surface area (Å²) in [7, 11) is 0. The van der Waals surface area contributed by atoms with Gasteiger partial charge < -0.3 is 20.5 Å². The second-order valence-electron chi connectivity index (χ2n) is 12.2. The van der Waals surface area contributed by atoms with Gasteiger partial charge in [0, 0.05) is 25.1 Å². The molecule has 18 heteroatoms. The second kappa shape index (κ2) is 15.6. The SMILES string of the molecule is CC(=O)Nc1nc2c(Oc3cc(-c4ccc(C(F)(F)F)cc4NC(=O)C4(C)CCCCN4CC(C)C)ncn3)cccc2s1.O=C(O)C(F)(F)F. The molecule has 274 valence electrons. The van der Waals surface area contributed by atoms with E-state index in [4.69, 9.17) is 14.6 Å². The second-order valence-corrected chi connectivity index (χ2v) is 13.3. The average Bonchev–Trinajstić information content (AvgIpc) is 3.44. The summed E-state index contributed by atoms with van der Waals surface area (Å²) in [5.74, 6) is -2.57. The van der Waals surface area contributed by atoms with Crippen LogP contribution in [-0.2, 0) is 20.6 Å². The summed E-state index contributed by atoms with van der Waals surface area (Å²) < 4.78 is 79.9. The number of thiazole rings is 1. The van der Waals surface area contributed by atoms with E-state index >= 15 is 0 Å². The molecule has 0 spiro atoms. The summed E-state index contributed by atoms with van der Waals surface area (Å²) in [5.41, 5.74) is -0.719. The van der Waals surface area contributed by atoms with Crippen molar-refractivity contribution in [3.63, 3.8) is 0 Å². The molecule has 2 amide bonds. The van der Waals surface area contributed by atoms with Crippen LogP contribution in [0.15, 0.2) is 48.8 Å². The van der Waals surface area contributed by atoms with E-state index in [2.05, 4.69) is 44.3 Å². The van der Waals surface area contributed by atoms with Gasteiger partial charge in [0.2, 0.25) is 17.7 Å². The zero-order chi connectivity index (χ0) is 37.7. The summed E-state index contributed by atoms with van der Waals surface area (Å²) in [6, 6.07) is 9.98. The number of carbonyl (C=O) groups is 3. The molecule has 0 aliphatic carbocycles. The molecule has 1 unspecified atom stereocenters. The predicted octanol–water partition coefficient (Wildman–Crippen LogP) is 8.00. The van der Waals surface area contributed by atoms with Crippen LogP contribution < -0.4 is 15.4 Å². The predicted molar refractivity (Wildman–Crippen MR) is 177 cm³/mol. The topological polar surface area (TPSA) is 147 Å². The number of halogens is 6. The number of aromatic nitrogens is 3. The Morgan fingerprint density at radius 1 is 1.04 bits per heavy atom. The molecule has 1 aliphatic rings. The van der Waals surface area contributed by atoms with Crippen molar-refractivity contribution >= 4 is 50.2 Å². The van der Waals surface area contributed by atoms with Gasteiger partial charge in [-0.3, -0.25) is 14.5 Å². The van der Waals surface area contributed by atoms with E-state index in [0.29, 0.717) is 35.3 Å². The lowest BCUT2D eigenvalue weighted by molar-refractivity contribution is -0.192. The molecule has 0 radical (unpaired) electrons. The minimum absolute atomic E-state index is 0.00711. The fraction of sp³-hybridized carbons (Fsp3) is 0.394. The van der Waals surface area contributed by atoms with Gasteiger partial charge in [0.25, 0.3) is 0 Å². The van der Waals surface area contributed by atoms with Crippen LogP contribution in [0.4, 0.5) is 37.2 Å². The van der Waals surface area contributed by atoms with Crippen LogP contribution in [0.1, 0.15) is 52.5 Å². The van der Waals surface area contributed by atoms with E-state index in [0.717, 1.165) is 36.2 Å². The molecule has 3 heterocycles. The van der Waals surface area contributed by atoms with Gasteiger partial charge in [-0.25, -0.2) is 19.7 Å². The first-order valence-corrected chi connectivity index (χ1v) is 16.3. The Bertz CT molecular complexity index is 1900. The summed E-state index contributed by atoms with van der Waals surface area (Å²) in [5, 5.41) is 13.0. The number of likely N-dealkylation sites (tertiary alicyclic amines) is 1. The van der Waals surface area contributed by atoms with E-state index in [1.807, 2.05) is 13.0 Å². The summed E-state index contributed by atoms with van der Waals surface area (Å²) >= 11 is 1.28. The molecule has 51 heavy (non-hydrogen) atoms. The number of nitrogens with zero attached hydrogens (tertiary/aromatic N) is 4. The van der Waals surface area contributed by atoms with Crippen LogP contribution in [-0.4, -0.2) is 67.5 Å². The smallest absolute Gasteiger partial charge is 0.475 e. The van der Waals surface area contributed by atoms with Gasteiger partial charge in [-0.2, -0.15) is 26.3 Å². The summed E-state index contributed by atoms with van der Waals surface area (Å²) in [6.07, 6.45) is -6.06. The van der Waals surface area contributed by atoms with Gasteiger partial charge in [-0.05, 0) is 62.9 Å². The fourth-order valence-electron chi connectivity index (χ4n) is 5.34. The number of rotatable bonds is 8. The first kappa shape index (κ1) is 39.0. The van der Waals surface area contributed by atoms with Gasteiger partial charge in [0.1, 0.15) is 11.8 Å². The van der Waals surface area contributed by atoms with Crippen molar-refractivity contribution in [1.82, 2.24) is 19.9 Å². The van der Waals surface area contributed by atoms with E-state index in [9.17, 15) is 35.9 Å². The number of amides is 2. The van der Waals surface area contributed by atoms with Crippen molar-refractivity contribution in [3.8, 4) is 22.9 Å². The number of benzene rings is 2. The number of carboxylic acid groups (broad SMARTS) is 1. The third-order valence-corrected chi connectivity index (χ3v) is 8.69. The molecule has 1 aliphatic heterocycles. The number of hydrogen-bond acceptors (Lipinski definition) is 9. The number of piperidine rings is 1. The van der Waals surface area contributed by atoms with Gasteiger partial charge in [0.05, 0.1) is 27.2 Å². The molecule has 1 saturated heterocycles. The molecule has 2 aromatic carbocycles. The number of anilines is 2. The van der Waals surface area contributed by atoms with Gasteiger partial charge in [0.15, 0.2) is 10.9 Å². The van der Waals surface area contributed by atoms with Crippen LogP contribution in [0.2, 0.25) is 0 Å². The lowest BCUT2D eigenvalue weighted by Crippen LogP contribution is -2.58. The number of fused-ring (bicyclic) bond motifs is 1. The van der Waals surface area contributed by atoms with E-state index in [-0.39, 0.29) is 34.6 Å². The number of nitrogens with one attached hydrogen (secondary N) is 2. The number of hydrogen-bond donors (Lipinski definition) is 3. The van der Waals surface area contributed by atoms with E-state index in [1.165, 1.54) is 36.7 Å². The highest BCUT2D eigenvalue weighted by Gasteiger charge is 2.42. The normalized spacial score (nSPS) is 16.7.